The average molecular weight is 246 g/mol. The van der Waals surface area contributed by atoms with Crippen LogP contribution in [0.25, 0.3) is 16.9 Å². The Morgan fingerprint density at radius 1 is 1.22 bits per heavy atom. The zero-order valence-corrected chi connectivity index (χ0v) is 9.43. The first kappa shape index (κ1) is 10.8. The topological polar surface area (TPSA) is 43.1 Å². The van der Waals surface area contributed by atoms with Gasteiger partial charge in [0.2, 0.25) is 0 Å². The summed E-state index contributed by atoms with van der Waals surface area (Å²) in [6.07, 6.45) is 3.10. The number of benzene rings is 1. The second kappa shape index (κ2) is 3.83. The highest BCUT2D eigenvalue weighted by atomic mass is 19.1. The lowest BCUT2D eigenvalue weighted by Crippen LogP contribution is -1.94. The number of aryl methyl sites for hydroxylation is 1. The minimum absolute atomic E-state index is 0.277. The van der Waals surface area contributed by atoms with Gasteiger partial charge in [-0.05, 0) is 19.1 Å². The molecule has 4 nitrogen and oxygen atoms in total. The molecule has 6 heteroatoms. The molecule has 2 heterocycles. The number of aromatic nitrogens is 4. The Morgan fingerprint density at radius 3 is 2.83 bits per heavy atom. The zero-order valence-electron chi connectivity index (χ0n) is 9.43. The second-order valence-corrected chi connectivity index (χ2v) is 3.87. The van der Waals surface area contributed by atoms with E-state index in [4.69, 9.17) is 0 Å². The normalized spacial score (nSPS) is 11.1. The highest BCUT2D eigenvalue weighted by molar-refractivity contribution is 5.63. The van der Waals surface area contributed by atoms with Crippen LogP contribution in [0.15, 0.2) is 30.6 Å². The monoisotopic (exact) mass is 246 g/mol. The predicted octanol–water partition coefficient (Wildman–Crippen LogP) is 2.38. The Hall–Kier alpha value is -2.37. The number of nitrogens with zero attached hydrogens (tertiary/aromatic N) is 4. The van der Waals surface area contributed by atoms with Gasteiger partial charge in [-0.25, -0.2) is 18.3 Å². The van der Waals surface area contributed by atoms with Crippen LogP contribution in [0, 0.1) is 18.6 Å². The third kappa shape index (κ3) is 1.71. The molecular weight excluding hydrogens is 238 g/mol. The van der Waals surface area contributed by atoms with Gasteiger partial charge >= 0.3 is 0 Å². The molecule has 0 saturated carbocycles. The van der Waals surface area contributed by atoms with Crippen molar-refractivity contribution in [2.24, 2.45) is 0 Å². The minimum atomic E-state index is -0.631. The van der Waals surface area contributed by atoms with E-state index >= 15 is 0 Å². The number of fused-ring (bicyclic) bond motifs is 1. The van der Waals surface area contributed by atoms with Crippen molar-refractivity contribution in [1.82, 2.24) is 19.6 Å². The molecule has 90 valence electrons. The molecule has 18 heavy (non-hydrogen) atoms. The molecule has 3 rings (SSSR count). The van der Waals surface area contributed by atoms with Gasteiger partial charge in [-0.3, -0.25) is 0 Å². The fourth-order valence-corrected chi connectivity index (χ4v) is 1.75. The van der Waals surface area contributed by atoms with Crippen molar-refractivity contribution in [3.05, 3.63) is 48.1 Å². The Labute approximate surface area is 101 Å². The van der Waals surface area contributed by atoms with Gasteiger partial charge in [0, 0.05) is 29.6 Å². The van der Waals surface area contributed by atoms with Gasteiger partial charge in [0.25, 0.3) is 5.78 Å². The second-order valence-electron chi connectivity index (χ2n) is 3.87. The molecule has 0 bridgehead atoms. The standard InChI is InChI=1S/C12H8F2N4/c1-7-16-12-15-5-8(6-18(12)17-7)10-3-2-9(13)4-11(10)14/h2-6H,1H3. The summed E-state index contributed by atoms with van der Waals surface area (Å²) >= 11 is 0. The quantitative estimate of drug-likeness (QED) is 0.662. The van der Waals surface area contributed by atoms with Gasteiger partial charge in [0.1, 0.15) is 17.5 Å². The van der Waals surface area contributed by atoms with Gasteiger partial charge in [-0.1, -0.05) is 0 Å². The summed E-state index contributed by atoms with van der Waals surface area (Å²) in [5.41, 5.74) is 0.795. The van der Waals surface area contributed by atoms with Crippen molar-refractivity contribution >= 4 is 5.78 Å². The highest BCUT2D eigenvalue weighted by Gasteiger charge is 2.09. The number of hydrogen-bond donors (Lipinski definition) is 0. The Morgan fingerprint density at radius 2 is 2.06 bits per heavy atom. The zero-order chi connectivity index (χ0) is 12.7. The third-order valence-corrected chi connectivity index (χ3v) is 2.54. The van der Waals surface area contributed by atoms with Gasteiger partial charge < -0.3 is 0 Å². The number of hydrogen-bond acceptors (Lipinski definition) is 3. The lowest BCUT2D eigenvalue weighted by molar-refractivity contribution is 0.585. The molecular formula is C12H8F2N4. The van der Waals surface area contributed by atoms with Crippen molar-refractivity contribution in [3.63, 3.8) is 0 Å². The average Bonchev–Trinajstić information content (AvgIpc) is 2.68. The third-order valence-electron chi connectivity index (χ3n) is 2.54. The maximum Gasteiger partial charge on any atom is 0.252 e. The summed E-state index contributed by atoms with van der Waals surface area (Å²) in [6, 6.07) is 3.42. The van der Waals surface area contributed by atoms with Crippen LogP contribution in [0.1, 0.15) is 5.82 Å². The van der Waals surface area contributed by atoms with Gasteiger partial charge in [-0.15, -0.1) is 0 Å². The van der Waals surface area contributed by atoms with Crippen molar-refractivity contribution in [2.75, 3.05) is 0 Å². The number of halogens is 2. The van der Waals surface area contributed by atoms with Gasteiger partial charge in [-0.2, -0.15) is 10.1 Å². The summed E-state index contributed by atoms with van der Waals surface area (Å²) in [5.74, 6) is -0.215. The van der Waals surface area contributed by atoms with E-state index < -0.39 is 11.6 Å². The first-order chi connectivity index (χ1) is 8.63. The summed E-state index contributed by atoms with van der Waals surface area (Å²) in [6.45, 7) is 1.74. The largest absolute Gasteiger partial charge is 0.252 e. The fourth-order valence-electron chi connectivity index (χ4n) is 1.75. The van der Waals surface area contributed by atoms with E-state index in [1.807, 2.05) is 0 Å². The molecule has 0 spiro atoms. The van der Waals surface area contributed by atoms with E-state index in [-0.39, 0.29) is 5.56 Å². The first-order valence-corrected chi connectivity index (χ1v) is 5.28. The lowest BCUT2D eigenvalue weighted by atomic mass is 10.1. The Balaban J connectivity index is 2.18. The van der Waals surface area contributed by atoms with Crippen LogP contribution in [-0.2, 0) is 0 Å². The summed E-state index contributed by atoms with van der Waals surface area (Å²) < 4.78 is 27.9. The van der Waals surface area contributed by atoms with Crippen LogP contribution in [0.3, 0.4) is 0 Å². The SMILES string of the molecule is Cc1nc2ncc(-c3ccc(F)cc3F)cn2n1. The van der Waals surface area contributed by atoms with E-state index in [2.05, 4.69) is 15.1 Å². The van der Waals surface area contributed by atoms with E-state index in [1.54, 1.807) is 13.1 Å². The molecule has 1 aromatic carbocycles. The van der Waals surface area contributed by atoms with E-state index in [0.717, 1.165) is 6.07 Å². The van der Waals surface area contributed by atoms with E-state index in [0.29, 0.717) is 17.2 Å². The summed E-state index contributed by atoms with van der Waals surface area (Å²) in [5, 5.41) is 4.09. The van der Waals surface area contributed by atoms with E-state index in [1.165, 1.54) is 22.8 Å². The predicted molar refractivity (Wildman–Crippen MR) is 60.9 cm³/mol. The molecule has 3 aromatic rings. The van der Waals surface area contributed by atoms with E-state index in [9.17, 15) is 8.78 Å². The van der Waals surface area contributed by atoms with Crippen LogP contribution in [0.5, 0.6) is 0 Å². The molecule has 0 aliphatic rings. The molecule has 2 aromatic heterocycles. The molecule has 0 aliphatic carbocycles. The number of rotatable bonds is 1. The van der Waals surface area contributed by atoms with Gasteiger partial charge in [0.15, 0.2) is 0 Å². The Kier molecular flexibility index (Phi) is 2.29. The van der Waals surface area contributed by atoms with Gasteiger partial charge in [0.05, 0.1) is 0 Å². The smallest absolute Gasteiger partial charge is 0.219 e. The molecule has 0 unspecified atom stereocenters. The molecule has 0 radical (unpaired) electrons. The van der Waals surface area contributed by atoms with Crippen LogP contribution in [0.2, 0.25) is 0 Å². The molecule has 0 N–H and O–H groups in total. The summed E-state index contributed by atoms with van der Waals surface area (Å²) in [7, 11) is 0. The highest BCUT2D eigenvalue weighted by Crippen LogP contribution is 2.22. The molecule has 0 saturated heterocycles. The summed E-state index contributed by atoms with van der Waals surface area (Å²) in [4.78, 5) is 8.14. The van der Waals surface area contributed by atoms with Crippen molar-refractivity contribution in [1.29, 1.82) is 0 Å². The van der Waals surface area contributed by atoms with Crippen LogP contribution >= 0.6 is 0 Å². The Bertz CT molecular complexity index is 736. The van der Waals surface area contributed by atoms with Crippen molar-refractivity contribution in [2.45, 2.75) is 6.92 Å². The lowest BCUT2D eigenvalue weighted by Gasteiger charge is -2.03. The fraction of sp³-hybridized carbons (Fsp3) is 0.0833. The van der Waals surface area contributed by atoms with Crippen LogP contribution in [-0.4, -0.2) is 19.6 Å². The maximum absolute atomic E-state index is 13.6. The van der Waals surface area contributed by atoms with Crippen molar-refractivity contribution < 1.29 is 8.78 Å². The molecule has 0 atom stereocenters. The maximum atomic E-state index is 13.6. The van der Waals surface area contributed by atoms with Crippen LogP contribution < -0.4 is 0 Å². The molecule has 0 fully saturated rings. The molecule has 0 aliphatic heterocycles. The first-order valence-electron chi connectivity index (χ1n) is 5.28. The minimum Gasteiger partial charge on any atom is -0.219 e. The van der Waals surface area contributed by atoms with Crippen LogP contribution in [0.4, 0.5) is 8.78 Å². The molecule has 0 amide bonds. The van der Waals surface area contributed by atoms with Crippen molar-refractivity contribution in [3.8, 4) is 11.1 Å².